The number of likely N-dealkylation sites (N-methyl/N-ethyl adjacent to an activating group) is 2. The maximum Gasteiger partial charge on any atom is 0.147 e. The van der Waals surface area contributed by atoms with Crippen LogP contribution in [0, 0.1) is 13.8 Å². The Bertz CT molecular complexity index is 406. The van der Waals surface area contributed by atoms with E-state index in [2.05, 4.69) is 39.2 Å². The molecule has 2 heterocycles. The summed E-state index contributed by atoms with van der Waals surface area (Å²) in [6, 6.07) is 0.533. The average Bonchev–Trinajstić information content (AvgIpc) is 2.34. The molecule has 1 aromatic rings. The van der Waals surface area contributed by atoms with E-state index in [1.54, 1.807) is 6.20 Å². The fourth-order valence-electron chi connectivity index (χ4n) is 2.24. The molecule has 2 rings (SSSR count). The Morgan fingerprint density at radius 3 is 2.89 bits per heavy atom. The standard InChI is InChI=1S/C13H23N5/c1-10-7-14-11(2)13(16-10)15-8-12-9-17(3)5-6-18(12)4/h7,12H,5-6,8-9H2,1-4H3,(H,15,16). The summed E-state index contributed by atoms with van der Waals surface area (Å²) < 4.78 is 0. The van der Waals surface area contributed by atoms with Crippen LogP contribution in [0.25, 0.3) is 0 Å². The molecule has 1 saturated heterocycles. The summed E-state index contributed by atoms with van der Waals surface area (Å²) in [7, 11) is 4.37. The maximum atomic E-state index is 4.50. The molecule has 0 radical (unpaired) electrons. The third-order valence-electron chi connectivity index (χ3n) is 3.56. The van der Waals surface area contributed by atoms with Crippen LogP contribution in [0.4, 0.5) is 5.82 Å². The molecular formula is C13H23N5. The Labute approximate surface area is 109 Å². The molecule has 1 N–H and O–H groups in total. The minimum absolute atomic E-state index is 0.533. The van der Waals surface area contributed by atoms with Crippen molar-refractivity contribution in [1.82, 2.24) is 19.8 Å². The van der Waals surface area contributed by atoms with Gasteiger partial charge in [0.2, 0.25) is 0 Å². The molecule has 1 aliphatic heterocycles. The lowest BCUT2D eigenvalue weighted by Gasteiger charge is -2.37. The van der Waals surface area contributed by atoms with Crippen molar-refractivity contribution in [3.8, 4) is 0 Å². The first kappa shape index (κ1) is 13.2. The van der Waals surface area contributed by atoms with Gasteiger partial charge in [-0.05, 0) is 27.9 Å². The molecule has 1 fully saturated rings. The number of anilines is 1. The van der Waals surface area contributed by atoms with Gasteiger partial charge in [-0.25, -0.2) is 4.98 Å². The Kier molecular flexibility index (Phi) is 4.14. The van der Waals surface area contributed by atoms with Crippen LogP contribution in [0.1, 0.15) is 11.4 Å². The summed E-state index contributed by atoms with van der Waals surface area (Å²) in [6.45, 7) is 8.25. The van der Waals surface area contributed by atoms with E-state index in [0.717, 1.165) is 43.4 Å². The van der Waals surface area contributed by atoms with Crippen molar-refractivity contribution in [1.29, 1.82) is 0 Å². The van der Waals surface area contributed by atoms with Gasteiger partial charge in [0.05, 0.1) is 11.4 Å². The maximum absolute atomic E-state index is 4.50. The van der Waals surface area contributed by atoms with Gasteiger partial charge in [0.1, 0.15) is 5.82 Å². The van der Waals surface area contributed by atoms with Crippen LogP contribution in [0.2, 0.25) is 0 Å². The third-order valence-corrected chi connectivity index (χ3v) is 3.56. The van der Waals surface area contributed by atoms with Crippen LogP contribution in [0.3, 0.4) is 0 Å². The van der Waals surface area contributed by atoms with Crippen LogP contribution in [-0.4, -0.2) is 66.1 Å². The van der Waals surface area contributed by atoms with E-state index in [9.17, 15) is 0 Å². The smallest absolute Gasteiger partial charge is 0.147 e. The Morgan fingerprint density at radius 1 is 1.33 bits per heavy atom. The molecular weight excluding hydrogens is 226 g/mol. The highest BCUT2D eigenvalue weighted by Gasteiger charge is 2.21. The average molecular weight is 249 g/mol. The number of hydrogen-bond donors (Lipinski definition) is 1. The molecule has 0 aliphatic carbocycles. The van der Waals surface area contributed by atoms with Crippen LogP contribution < -0.4 is 5.32 Å². The molecule has 0 bridgehead atoms. The molecule has 1 aromatic heterocycles. The molecule has 0 saturated carbocycles. The van der Waals surface area contributed by atoms with Gasteiger partial charge in [-0.3, -0.25) is 9.88 Å². The zero-order valence-electron chi connectivity index (χ0n) is 11.8. The molecule has 0 amide bonds. The minimum atomic E-state index is 0.533. The topological polar surface area (TPSA) is 44.3 Å². The summed E-state index contributed by atoms with van der Waals surface area (Å²) in [5, 5.41) is 3.43. The van der Waals surface area contributed by atoms with Gasteiger partial charge in [-0.2, -0.15) is 0 Å². The molecule has 0 spiro atoms. The lowest BCUT2D eigenvalue weighted by Crippen LogP contribution is -2.52. The number of nitrogens with one attached hydrogen (secondary N) is 1. The van der Waals surface area contributed by atoms with Crippen LogP contribution in [0.15, 0.2) is 6.20 Å². The first-order valence-electron chi connectivity index (χ1n) is 6.49. The summed E-state index contributed by atoms with van der Waals surface area (Å²) in [6.07, 6.45) is 1.81. The third kappa shape index (κ3) is 3.17. The molecule has 5 heteroatoms. The number of aryl methyl sites for hydroxylation is 2. The van der Waals surface area contributed by atoms with E-state index >= 15 is 0 Å². The quantitative estimate of drug-likeness (QED) is 0.856. The summed E-state index contributed by atoms with van der Waals surface area (Å²) in [5.41, 5.74) is 1.92. The highest BCUT2D eigenvalue weighted by Crippen LogP contribution is 2.11. The SMILES string of the molecule is Cc1cnc(C)c(NCC2CN(C)CCN2C)n1. The number of rotatable bonds is 3. The fraction of sp³-hybridized carbons (Fsp3) is 0.692. The second kappa shape index (κ2) is 5.63. The van der Waals surface area contributed by atoms with Crippen molar-refractivity contribution in [3.05, 3.63) is 17.6 Å². The normalized spacial score (nSPS) is 22.1. The summed E-state index contributed by atoms with van der Waals surface area (Å²) in [5.74, 6) is 0.914. The molecule has 1 aliphatic rings. The van der Waals surface area contributed by atoms with Crippen molar-refractivity contribution >= 4 is 5.82 Å². The van der Waals surface area contributed by atoms with Crippen LogP contribution in [-0.2, 0) is 0 Å². The van der Waals surface area contributed by atoms with Crippen LogP contribution >= 0.6 is 0 Å². The van der Waals surface area contributed by atoms with Gasteiger partial charge in [0.15, 0.2) is 0 Å². The first-order chi connectivity index (χ1) is 8.56. The summed E-state index contributed by atoms with van der Waals surface area (Å²) in [4.78, 5) is 13.6. The Balaban J connectivity index is 1.96. The summed E-state index contributed by atoms with van der Waals surface area (Å²) >= 11 is 0. The largest absolute Gasteiger partial charge is 0.367 e. The van der Waals surface area contributed by atoms with Gasteiger partial charge >= 0.3 is 0 Å². The molecule has 1 unspecified atom stereocenters. The van der Waals surface area contributed by atoms with E-state index in [-0.39, 0.29) is 0 Å². The Morgan fingerprint density at radius 2 is 2.11 bits per heavy atom. The molecule has 1 atom stereocenters. The van der Waals surface area contributed by atoms with E-state index < -0.39 is 0 Å². The lowest BCUT2D eigenvalue weighted by atomic mass is 10.2. The second-order valence-electron chi connectivity index (χ2n) is 5.22. The van der Waals surface area contributed by atoms with Gasteiger partial charge < -0.3 is 10.2 Å². The molecule has 18 heavy (non-hydrogen) atoms. The van der Waals surface area contributed by atoms with Gasteiger partial charge in [0.25, 0.3) is 0 Å². The first-order valence-corrected chi connectivity index (χ1v) is 6.49. The van der Waals surface area contributed by atoms with Gasteiger partial charge in [0, 0.05) is 38.4 Å². The van der Waals surface area contributed by atoms with Crippen molar-refractivity contribution in [2.75, 3.05) is 45.6 Å². The number of hydrogen-bond acceptors (Lipinski definition) is 5. The monoisotopic (exact) mass is 249 g/mol. The fourth-order valence-corrected chi connectivity index (χ4v) is 2.24. The van der Waals surface area contributed by atoms with Gasteiger partial charge in [-0.15, -0.1) is 0 Å². The highest BCUT2D eigenvalue weighted by molar-refractivity contribution is 5.39. The number of aromatic nitrogens is 2. The molecule has 0 aromatic carbocycles. The van der Waals surface area contributed by atoms with Crippen molar-refractivity contribution < 1.29 is 0 Å². The predicted molar refractivity (Wildman–Crippen MR) is 73.9 cm³/mol. The molecule has 100 valence electrons. The van der Waals surface area contributed by atoms with Crippen molar-refractivity contribution in [3.63, 3.8) is 0 Å². The number of nitrogens with zero attached hydrogens (tertiary/aromatic N) is 4. The number of piperazine rings is 1. The van der Waals surface area contributed by atoms with Crippen LogP contribution in [0.5, 0.6) is 0 Å². The van der Waals surface area contributed by atoms with E-state index in [0.29, 0.717) is 6.04 Å². The highest BCUT2D eigenvalue weighted by atomic mass is 15.3. The molecule has 5 nitrogen and oxygen atoms in total. The van der Waals surface area contributed by atoms with E-state index in [4.69, 9.17) is 0 Å². The zero-order chi connectivity index (χ0) is 13.1. The second-order valence-corrected chi connectivity index (χ2v) is 5.22. The lowest BCUT2D eigenvalue weighted by molar-refractivity contribution is 0.122. The minimum Gasteiger partial charge on any atom is -0.367 e. The van der Waals surface area contributed by atoms with Gasteiger partial charge in [-0.1, -0.05) is 0 Å². The van der Waals surface area contributed by atoms with Crippen molar-refractivity contribution in [2.24, 2.45) is 0 Å². The van der Waals surface area contributed by atoms with E-state index in [1.165, 1.54) is 0 Å². The zero-order valence-corrected chi connectivity index (χ0v) is 11.8. The van der Waals surface area contributed by atoms with Crippen molar-refractivity contribution in [2.45, 2.75) is 19.9 Å². The van der Waals surface area contributed by atoms with E-state index in [1.807, 2.05) is 13.8 Å². The predicted octanol–water partition coefficient (Wildman–Crippen LogP) is 0.751. The Hall–Kier alpha value is -1.20.